The number of benzene rings is 1. The van der Waals surface area contributed by atoms with Crippen LogP contribution in [0.2, 0.25) is 0 Å². The molecule has 1 N–H and O–H groups in total. The predicted octanol–water partition coefficient (Wildman–Crippen LogP) is 3.75. The first-order valence-corrected chi connectivity index (χ1v) is 9.16. The highest BCUT2D eigenvalue weighted by Gasteiger charge is 2.24. The van der Waals surface area contributed by atoms with Gasteiger partial charge in [0.05, 0.1) is 18.2 Å². The van der Waals surface area contributed by atoms with Gasteiger partial charge < -0.3 is 10.1 Å². The molecule has 0 spiro atoms. The Labute approximate surface area is 156 Å². The monoisotopic (exact) mass is 357 g/mol. The molecule has 26 heavy (non-hydrogen) atoms. The van der Waals surface area contributed by atoms with Crippen LogP contribution in [0.3, 0.4) is 0 Å². The Morgan fingerprint density at radius 1 is 1.23 bits per heavy atom. The van der Waals surface area contributed by atoms with Crippen molar-refractivity contribution in [1.29, 1.82) is 0 Å². The second kappa shape index (κ2) is 8.49. The lowest BCUT2D eigenvalue weighted by Crippen LogP contribution is -2.40. The molecule has 5 nitrogen and oxygen atoms in total. The van der Waals surface area contributed by atoms with Crippen molar-refractivity contribution < 1.29 is 9.53 Å². The summed E-state index contributed by atoms with van der Waals surface area (Å²) in [5, 5.41) is 7.66. The smallest absolute Gasteiger partial charge is 0.272 e. The van der Waals surface area contributed by atoms with Crippen LogP contribution >= 0.6 is 0 Å². The molecule has 0 unspecified atom stereocenters. The fraction of sp³-hybridized carbons (Fsp3) is 0.524. The molecule has 0 fully saturated rings. The molecule has 1 aromatic heterocycles. The first kappa shape index (κ1) is 20.2. The van der Waals surface area contributed by atoms with E-state index in [-0.39, 0.29) is 17.5 Å². The molecule has 1 atom stereocenters. The average molecular weight is 357 g/mol. The summed E-state index contributed by atoms with van der Waals surface area (Å²) in [5.41, 5.74) is 2.51. The van der Waals surface area contributed by atoms with Gasteiger partial charge in [-0.3, -0.25) is 9.48 Å². The van der Waals surface area contributed by atoms with Crippen LogP contribution in [-0.4, -0.2) is 35.4 Å². The van der Waals surface area contributed by atoms with Gasteiger partial charge in [0.2, 0.25) is 0 Å². The van der Waals surface area contributed by atoms with Crippen LogP contribution in [0, 0.1) is 0 Å². The lowest BCUT2D eigenvalue weighted by atomic mass is 10.1. The molecule has 0 aliphatic heterocycles. The molecule has 142 valence electrons. The van der Waals surface area contributed by atoms with Crippen LogP contribution < -0.4 is 5.32 Å². The fourth-order valence-corrected chi connectivity index (χ4v) is 2.97. The predicted molar refractivity (Wildman–Crippen MR) is 105 cm³/mol. The minimum absolute atomic E-state index is 0.0998. The average Bonchev–Trinajstić information content (AvgIpc) is 3.02. The first-order valence-electron chi connectivity index (χ1n) is 9.16. The van der Waals surface area contributed by atoms with E-state index in [1.54, 1.807) is 7.11 Å². The van der Waals surface area contributed by atoms with Crippen molar-refractivity contribution in [3.63, 3.8) is 0 Å². The zero-order valence-electron chi connectivity index (χ0n) is 16.7. The number of amides is 1. The third-order valence-electron chi connectivity index (χ3n) is 4.22. The number of rotatable bonds is 7. The number of hydrogen-bond acceptors (Lipinski definition) is 3. The van der Waals surface area contributed by atoms with E-state index in [4.69, 9.17) is 4.74 Å². The van der Waals surface area contributed by atoms with Gasteiger partial charge in [-0.25, -0.2) is 0 Å². The maximum absolute atomic E-state index is 12.8. The van der Waals surface area contributed by atoms with Gasteiger partial charge in [0, 0.05) is 12.8 Å². The normalized spacial score (nSPS) is 13.0. The second-order valence-corrected chi connectivity index (χ2v) is 8.01. The second-order valence-electron chi connectivity index (χ2n) is 8.01. The summed E-state index contributed by atoms with van der Waals surface area (Å²) in [6.07, 6.45) is 0.720. The number of aromatic nitrogens is 2. The fourth-order valence-electron chi connectivity index (χ4n) is 2.97. The largest absolute Gasteiger partial charge is 0.383 e. The summed E-state index contributed by atoms with van der Waals surface area (Å²) < 4.78 is 7.25. The van der Waals surface area contributed by atoms with Crippen molar-refractivity contribution in [2.24, 2.45) is 0 Å². The van der Waals surface area contributed by atoms with E-state index in [9.17, 15) is 4.79 Å². The van der Waals surface area contributed by atoms with Crippen molar-refractivity contribution in [3.8, 4) is 0 Å². The summed E-state index contributed by atoms with van der Waals surface area (Å²) in [5.74, 6) is 0.134. The Balaban J connectivity index is 2.18. The van der Waals surface area contributed by atoms with Gasteiger partial charge in [-0.1, -0.05) is 44.2 Å². The molecular weight excluding hydrogens is 326 g/mol. The Morgan fingerprint density at radius 2 is 1.88 bits per heavy atom. The molecule has 2 aromatic rings. The summed E-state index contributed by atoms with van der Waals surface area (Å²) in [6, 6.07) is 11.9. The SMILES string of the molecule is COC[C@H](Cc1ccccc1)NC(=O)c1cc(C(C)C)n(C(C)(C)C)n1. The molecule has 0 aliphatic rings. The van der Waals surface area contributed by atoms with E-state index >= 15 is 0 Å². The van der Waals surface area contributed by atoms with Gasteiger partial charge in [-0.2, -0.15) is 5.10 Å². The minimum Gasteiger partial charge on any atom is -0.383 e. The summed E-state index contributed by atoms with van der Waals surface area (Å²) in [7, 11) is 1.65. The summed E-state index contributed by atoms with van der Waals surface area (Å²) in [4.78, 5) is 12.8. The summed E-state index contributed by atoms with van der Waals surface area (Å²) >= 11 is 0. The Hall–Kier alpha value is -2.14. The number of nitrogens with one attached hydrogen (secondary N) is 1. The number of ether oxygens (including phenoxy) is 1. The van der Waals surface area contributed by atoms with Crippen molar-refractivity contribution in [1.82, 2.24) is 15.1 Å². The highest BCUT2D eigenvalue weighted by Crippen LogP contribution is 2.23. The number of methoxy groups -OCH3 is 1. The lowest BCUT2D eigenvalue weighted by Gasteiger charge is -2.23. The van der Waals surface area contributed by atoms with Crippen LogP contribution in [0.4, 0.5) is 0 Å². The van der Waals surface area contributed by atoms with Crippen molar-refractivity contribution in [2.75, 3.05) is 13.7 Å². The molecule has 0 aliphatic carbocycles. The number of carbonyl (C=O) groups is 1. The minimum atomic E-state index is -0.173. The lowest BCUT2D eigenvalue weighted by molar-refractivity contribution is 0.0890. The highest BCUT2D eigenvalue weighted by atomic mass is 16.5. The first-order chi connectivity index (χ1) is 12.2. The molecule has 0 saturated carbocycles. The van der Waals surface area contributed by atoms with Crippen molar-refractivity contribution in [3.05, 3.63) is 53.3 Å². The van der Waals surface area contributed by atoms with Gasteiger partial charge in [0.15, 0.2) is 0 Å². The van der Waals surface area contributed by atoms with Gasteiger partial charge in [-0.15, -0.1) is 0 Å². The number of nitrogens with zero attached hydrogens (tertiary/aromatic N) is 2. The van der Waals surface area contributed by atoms with E-state index in [0.717, 1.165) is 17.7 Å². The molecule has 0 radical (unpaired) electrons. The number of carbonyl (C=O) groups excluding carboxylic acids is 1. The van der Waals surface area contributed by atoms with Gasteiger partial charge in [0.25, 0.3) is 5.91 Å². The molecule has 5 heteroatoms. The van der Waals surface area contributed by atoms with Gasteiger partial charge in [0.1, 0.15) is 5.69 Å². The van der Waals surface area contributed by atoms with Crippen LogP contribution in [0.25, 0.3) is 0 Å². The third kappa shape index (κ3) is 5.18. The van der Waals surface area contributed by atoms with E-state index in [1.807, 2.05) is 28.9 Å². The molecule has 1 heterocycles. The maximum Gasteiger partial charge on any atom is 0.272 e. The molecule has 1 amide bonds. The maximum atomic E-state index is 12.8. The van der Waals surface area contributed by atoms with E-state index in [1.165, 1.54) is 0 Å². The van der Waals surface area contributed by atoms with E-state index < -0.39 is 0 Å². The van der Waals surface area contributed by atoms with E-state index in [2.05, 4.69) is 57.2 Å². The molecule has 2 rings (SSSR count). The van der Waals surface area contributed by atoms with Gasteiger partial charge in [-0.05, 0) is 44.7 Å². The third-order valence-corrected chi connectivity index (χ3v) is 4.22. The standard InChI is InChI=1S/C21H31N3O2/c1-15(2)19-13-18(23-24(19)21(3,4)5)20(25)22-17(14-26-6)12-16-10-8-7-9-11-16/h7-11,13,15,17H,12,14H2,1-6H3,(H,22,25)/t17-/m0/s1. The molecule has 0 bridgehead atoms. The topological polar surface area (TPSA) is 56.1 Å². The Morgan fingerprint density at radius 3 is 2.38 bits per heavy atom. The van der Waals surface area contributed by atoms with Crippen LogP contribution in [0.1, 0.15) is 62.3 Å². The van der Waals surface area contributed by atoms with Crippen LogP contribution in [0.15, 0.2) is 36.4 Å². The highest BCUT2D eigenvalue weighted by molar-refractivity contribution is 5.92. The van der Waals surface area contributed by atoms with Crippen LogP contribution in [0.5, 0.6) is 0 Å². The zero-order valence-corrected chi connectivity index (χ0v) is 16.7. The quantitative estimate of drug-likeness (QED) is 0.821. The Bertz CT molecular complexity index is 715. The van der Waals surface area contributed by atoms with Crippen molar-refractivity contribution in [2.45, 2.75) is 58.5 Å². The summed E-state index contributed by atoms with van der Waals surface area (Å²) in [6.45, 7) is 11.0. The van der Waals surface area contributed by atoms with Crippen LogP contribution in [-0.2, 0) is 16.7 Å². The van der Waals surface area contributed by atoms with Crippen molar-refractivity contribution >= 4 is 5.91 Å². The Kier molecular flexibility index (Phi) is 6.59. The molecule has 0 saturated heterocycles. The number of hydrogen-bond donors (Lipinski definition) is 1. The van der Waals surface area contributed by atoms with Gasteiger partial charge >= 0.3 is 0 Å². The van der Waals surface area contributed by atoms with E-state index in [0.29, 0.717) is 18.2 Å². The molecule has 1 aromatic carbocycles. The zero-order chi connectivity index (χ0) is 19.3. The molecular formula is C21H31N3O2.